The van der Waals surface area contributed by atoms with Crippen LogP contribution in [0.3, 0.4) is 0 Å². The predicted molar refractivity (Wildman–Crippen MR) is 311 cm³/mol. The summed E-state index contributed by atoms with van der Waals surface area (Å²) >= 11 is 0. The van der Waals surface area contributed by atoms with Gasteiger partial charge in [-0.25, -0.2) is 4.98 Å². The van der Waals surface area contributed by atoms with Gasteiger partial charge in [0.1, 0.15) is 0 Å². The van der Waals surface area contributed by atoms with Crippen LogP contribution in [-0.2, 0) is 0 Å². The van der Waals surface area contributed by atoms with Gasteiger partial charge in [0.2, 0.25) is 0 Å². The molecule has 0 saturated carbocycles. The first-order valence-corrected chi connectivity index (χ1v) is 25.7. The van der Waals surface area contributed by atoms with Crippen LogP contribution < -0.4 is 9.64 Å². The number of pyridine rings is 3. The van der Waals surface area contributed by atoms with Gasteiger partial charge >= 0.3 is 0 Å². The summed E-state index contributed by atoms with van der Waals surface area (Å²) in [5, 5.41) is 7.98. The van der Waals surface area contributed by atoms with Crippen molar-refractivity contribution in [2.45, 2.75) is 0 Å². The molecule has 0 fully saturated rings. The molecule has 8 heterocycles. The molecule has 1 aliphatic rings. The van der Waals surface area contributed by atoms with E-state index in [1.165, 1.54) is 10.8 Å². The summed E-state index contributed by atoms with van der Waals surface area (Å²) in [7, 11) is 0. The van der Waals surface area contributed by atoms with Crippen molar-refractivity contribution in [3.05, 3.63) is 243 Å². The third kappa shape index (κ3) is 5.79. The highest BCUT2D eigenvalue weighted by Crippen LogP contribution is 2.54. The number of aromatic nitrogens is 5. The molecule has 0 amide bonds. The molecule has 7 aromatic heterocycles. The summed E-state index contributed by atoms with van der Waals surface area (Å²) in [6.07, 6.45) is 4.17. The molecule has 0 spiro atoms. The maximum absolute atomic E-state index is 6.55. The molecule has 0 unspecified atom stereocenters. The third-order valence-electron chi connectivity index (χ3n) is 15.8. The fourth-order valence-electron chi connectivity index (χ4n) is 12.5. The van der Waals surface area contributed by atoms with Crippen LogP contribution in [0.2, 0.25) is 0 Å². The van der Waals surface area contributed by atoms with E-state index < -0.39 is 0 Å². The van der Waals surface area contributed by atoms with Crippen LogP contribution in [0.5, 0.6) is 11.5 Å². The Bertz CT molecular complexity index is 4720. The number of benzene rings is 9. The highest BCUT2D eigenvalue weighted by molar-refractivity contribution is 6.33. The van der Waals surface area contributed by atoms with E-state index >= 15 is 0 Å². The lowest BCUT2D eigenvalue weighted by atomic mass is 9.95. The molecule has 7 heteroatoms. The van der Waals surface area contributed by atoms with E-state index in [9.17, 15) is 0 Å². The number of hydrogen-bond acceptors (Lipinski definition) is 5. The molecule has 352 valence electrons. The Labute approximate surface area is 435 Å². The van der Waals surface area contributed by atoms with E-state index in [-0.39, 0.29) is 0 Å². The number of rotatable bonds is 6. The normalized spacial score (nSPS) is 12.6. The maximum atomic E-state index is 6.55. The first kappa shape index (κ1) is 41.1. The van der Waals surface area contributed by atoms with E-state index in [2.05, 4.69) is 232 Å². The summed E-state index contributed by atoms with van der Waals surface area (Å²) in [5.74, 6) is 1.61. The molecule has 0 atom stereocenters. The number of ether oxygens (including phenoxy) is 1. The van der Waals surface area contributed by atoms with E-state index in [0.717, 1.165) is 150 Å². The smallest absolute Gasteiger partial charge is 0.151 e. The van der Waals surface area contributed by atoms with Crippen molar-refractivity contribution in [1.82, 2.24) is 23.8 Å². The van der Waals surface area contributed by atoms with Crippen LogP contribution in [0.25, 0.3) is 132 Å². The second kappa shape index (κ2) is 15.6. The molecule has 1 aliphatic heterocycles. The van der Waals surface area contributed by atoms with Crippen LogP contribution in [-0.4, -0.2) is 23.8 Å². The van der Waals surface area contributed by atoms with E-state index in [1.54, 1.807) is 0 Å². The zero-order chi connectivity index (χ0) is 49.6. The third-order valence-corrected chi connectivity index (χ3v) is 15.8. The fraction of sp³-hybridized carbons (Fsp3) is 0. The average molecular weight is 969 g/mol. The highest BCUT2D eigenvalue weighted by atomic mass is 16.5. The van der Waals surface area contributed by atoms with Crippen LogP contribution >= 0.6 is 0 Å². The average Bonchev–Trinajstić information content (AvgIpc) is 4.25. The minimum Gasteiger partial charge on any atom is -0.453 e. The molecule has 0 radical (unpaired) electrons. The standard InChI is InChI=1S/C69H40N6O/c1-5-18-41(19-6-1)46-33-50-48-36-55(42-20-7-2-8-21-42)70-39-60(48)74-66(50)51(34-46)52-35-54-65-69-53(38-57(72-65)44-24-11-4-12-25-44)49-37-56(43-22-9-3-10-23-43)71-40-61(49)75(69)68(54)64(67(52)74)45-26-17-27-47(32-45)73-58-28-13-15-30-62(58)76-63-31-16-14-29-59(63)73/h1-40H. The van der Waals surface area contributed by atoms with Crippen molar-refractivity contribution in [2.75, 3.05) is 4.90 Å². The molecule has 16 aromatic rings. The van der Waals surface area contributed by atoms with Gasteiger partial charge < -0.3 is 18.4 Å². The van der Waals surface area contributed by atoms with Crippen molar-refractivity contribution >= 4 is 93.4 Å². The van der Waals surface area contributed by atoms with Gasteiger partial charge in [0.05, 0.1) is 79.5 Å². The van der Waals surface area contributed by atoms with Gasteiger partial charge in [0.15, 0.2) is 11.5 Å². The summed E-state index contributed by atoms with van der Waals surface area (Å²) < 4.78 is 11.5. The van der Waals surface area contributed by atoms with Crippen molar-refractivity contribution in [3.8, 4) is 67.5 Å². The zero-order valence-electron chi connectivity index (χ0n) is 40.7. The molecule has 0 N–H and O–H groups in total. The summed E-state index contributed by atoms with van der Waals surface area (Å²) in [6, 6.07) is 82.1. The molecule has 0 aliphatic carbocycles. The fourth-order valence-corrected chi connectivity index (χ4v) is 12.5. The van der Waals surface area contributed by atoms with Crippen LogP contribution in [0.15, 0.2) is 243 Å². The van der Waals surface area contributed by atoms with E-state index in [4.69, 9.17) is 19.7 Å². The van der Waals surface area contributed by atoms with Crippen LogP contribution in [0.4, 0.5) is 17.1 Å². The van der Waals surface area contributed by atoms with Gasteiger partial charge in [-0.15, -0.1) is 0 Å². The molecule has 17 rings (SSSR count). The summed E-state index contributed by atoms with van der Waals surface area (Å²) in [4.78, 5) is 18.6. The van der Waals surface area contributed by atoms with Gasteiger partial charge in [0.25, 0.3) is 0 Å². The summed E-state index contributed by atoms with van der Waals surface area (Å²) in [6.45, 7) is 0. The first-order valence-electron chi connectivity index (χ1n) is 25.7. The Balaban J connectivity index is 1.07. The second-order valence-electron chi connectivity index (χ2n) is 19.9. The lowest BCUT2D eigenvalue weighted by Gasteiger charge is -2.33. The van der Waals surface area contributed by atoms with E-state index in [1.807, 2.05) is 24.3 Å². The molecule has 7 nitrogen and oxygen atoms in total. The Morgan fingerprint density at radius 2 is 0.776 bits per heavy atom. The van der Waals surface area contributed by atoms with E-state index in [0.29, 0.717) is 0 Å². The van der Waals surface area contributed by atoms with Crippen LogP contribution in [0.1, 0.15) is 0 Å². The van der Waals surface area contributed by atoms with Crippen molar-refractivity contribution < 1.29 is 4.74 Å². The topological polar surface area (TPSA) is 60.0 Å². The SMILES string of the molecule is c1ccc(-c2cc3c4cc(-c5ccccc5)ncc4n4c5c(-c6cccc(N7c8ccccc8Oc8ccccc87)c6)c6c(cc5c(c2)c34)c2nc(-c3ccccc3)cc3c4cc(-c5ccccc5)ncc4n6c32)cc1. The lowest BCUT2D eigenvalue weighted by Crippen LogP contribution is -2.15. The summed E-state index contributed by atoms with van der Waals surface area (Å²) in [5.41, 5.74) is 20.9. The Morgan fingerprint density at radius 3 is 1.38 bits per heavy atom. The van der Waals surface area contributed by atoms with Gasteiger partial charge in [-0.3, -0.25) is 9.97 Å². The van der Waals surface area contributed by atoms with Crippen LogP contribution in [0, 0.1) is 0 Å². The number of para-hydroxylation sites is 4. The maximum Gasteiger partial charge on any atom is 0.151 e. The van der Waals surface area contributed by atoms with Gasteiger partial charge in [0, 0.05) is 65.6 Å². The van der Waals surface area contributed by atoms with Crippen molar-refractivity contribution in [2.24, 2.45) is 0 Å². The van der Waals surface area contributed by atoms with Gasteiger partial charge in [-0.2, -0.15) is 0 Å². The number of anilines is 3. The molecule has 0 saturated heterocycles. The monoisotopic (exact) mass is 968 g/mol. The molecule has 0 bridgehead atoms. The number of fused-ring (bicyclic) bond motifs is 14. The molecule has 76 heavy (non-hydrogen) atoms. The Hall–Kier alpha value is -10.4. The van der Waals surface area contributed by atoms with Gasteiger partial charge in [-0.1, -0.05) is 158 Å². The second-order valence-corrected chi connectivity index (χ2v) is 19.9. The minimum atomic E-state index is 0.806. The minimum absolute atomic E-state index is 0.806. The van der Waals surface area contributed by atoms with Gasteiger partial charge in [-0.05, 0) is 89.5 Å². The molecular formula is C69H40N6O. The van der Waals surface area contributed by atoms with Crippen molar-refractivity contribution in [1.29, 1.82) is 0 Å². The number of hydrogen-bond donors (Lipinski definition) is 0. The Kier molecular flexibility index (Phi) is 8.43. The highest BCUT2D eigenvalue weighted by Gasteiger charge is 2.31. The molecule has 9 aromatic carbocycles. The number of nitrogens with zero attached hydrogens (tertiary/aromatic N) is 6. The molecular weight excluding hydrogens is 929 g/mol. The van der Waals surface area contributed by atoms with Crippen molar-refractivity contribution in [3.63, 3.8) is 0 Å². The zero-order valence-corrected chi connectivity index (χ0v) is 40.7. The first-order chi connectivity index (χ1) is 37.7. The quantitative estimate of drug-likeness (QED) is 0.166. The Morgan fingerprint density at radius 1 is 0.316 bits per heavy atom. The lowest BCUT2D eigenvalue weighted by molar-refractivity contribution is 0.477. The predicted octanol–water partition coefficient (Wildman–Crippen LogP) is 18.1. The largest absolute Gasteiger partial charge is 0.453 e.